The maximum Gasteiger partial charge on any atom is 0.221 e. The summed E-state index contributed by atoms with van der Waals surface area (Å²) in [6, 6.07) is 5.78. The number of aryl methyl sites for hydroxylation is 1. The first-order valence-electron chi connectivity index (χ1n) is 8.72. The van der Waals surface area contributed by atoms with Crippen molar-refractivity contribution in [2.75, 3.05) is 13.2 Å². The number of ether oxygens (including phenoxy) is 2. The molecule has 1 aromatic carbocycles. The third-order valence-electron chi connectivity index (χ3n) is 3.71. The molecule has 0 radical (unpaired) electrons. The zero-order valence-corrected chi connectivity index (χ0v) is 16.2. The van der Waals surface area contributed by atoms with E-state index in [1.807, 2.05) is 25.1 Å². The number of carbonyl (C=O) groups excluding carboxylic acids is 2. The van der Waals surface area contributed by atoms with E-state index in [-0.39, 0.29) is 10.5 Å². The molecule has 140 valence electrons. The van der Waals surface area contributed by atoms with Crippen molar-refractivity contribution in [1.29, 1.82) is 0 Å². The summed E-state index contributed by atoms with van der Waals surface area (Å²) < 4.78 is 11.5. The molecule has 6 heteroatoms. The van der Waals surface area contributed by atoms with Gasteiger partial charge in [0.05, 0.1) is 13.2 Å². The van der Waals surface area contributed by atoms with Gasteiger partial charge in [0.2, 0.25) is 10.5 Å². The van der Waals surface area contributed by atoms with Crippen molar-refractivity contribution < 1.29 is 19.1 Å². The fourth-order valence-corrected chi connectivity index (χ4v) is 2.60. The fourth-order valence-electron chi connectivity index (χ4n) is 2.33. The van der Waals surface area contributed by atoms with Gasteiger partial charge in [-0.05, 0) is 92.4 Å². The van der Waals surface area contributed by atoms with Crippen molar-refractivity contribution in [3.63, 3.8) is 0 Å². The van der Waals surface area contributed by atoms with Crippen LogP contribution in [0.15, 0.2) is 18.2 Å². The number of halogens is 2. The van der Waals surface area contributed by atoms with E-state index in [1.165, 1.54) is 0 Å². The van der Waals surface area contributed by atoms with Gasteiger partial charge in [-0.3, -0.25) is 9.59 Å². The number of carbonyl (C=O) groups is 2. The maximum absolute atomic E-state index is 10.6. The van der Waals surface area contributed by atoms with Crippen LogP contribution >= 0.6 is 23.2 Å². The lowest BCUT2D eigenvalue weighted by Crippen LogP contribution is -2.01. The third kappa shape index (κ3) is 11.1. The maximum atomic E-state index is 10.6. The number of unbranched alkanes of at least 4 members (excludes halogenated alkanes) is 4. The fraction of sp³-hybridized carbons (Fsp3) is 0.579. The molecular formula is C19H26Cl2O4. The van der Waals surface area contributed by atoms with Gasteiger partial charge < -0.3 is 9.47 Å². The van der Waals surface area contributed by atoms with Crippen LogP contribution in [-0.2, 0) is 9.59 Å². The summed E-state index contributed by atoms with van der Waals surface area (Å²) in [5.74, 6) is 1.67. The number of hydrogen-bond donors (Lipinski definition) is 0. The number of rotatable bonds is 14. The zero-order valence-electron chi connectivity index (χ0n) is 14.7. The quantitative estimate of drug-likeness (QED) is 0.316. The van der Waals surface area contributed by atoms with E-state index in [9.17, 15) is 9.59 Å². The number of benzene rings is 1. The molecule has 0 aliphatic rings. The van der Waals surface area contributed by atoms with Crippen molar-refractivity contribution in [2.45, 2.75) is 58.3 Å². The highest BCUT2D eigenvalue weighted by atomic mass is 35.5. The highest BCUT2D eigenvalue weighted by molar-refractivity contribution is 6.63. The minimum Gasteiger partial charge on any atom is -0.494 e. The standard InChI is InChI=1S/C19H26Cl2O4/c1-15-14-16(24-12-6-2-4-8-18(20)22)10-11-17(15)25-13-7-3-5-9-19(21)23/h10-11,14H,2-9,12-13H2,1H3. The minimum absolute atomic E-state index is 0.278. The molecule has 0 heterocycles. The molecule has 0 saturated heterocycles. The average Bonchev–Trinajstić information content (AvgIpc) is 2.55. The van der Waals surface area contributed by atoms with Gasteiger partial charge in [0.25, 0.3) is 0 Å². The van der Waals surface area contributed by atoms with E-state index in [2.05, 4.69) is 0 Å². The van der Waals surface area contributed by atoms with Crippen molar-refractivity contribution in [3.05, 3.63) is 23.8 Å². The molecule has 1 aromatic rings. The minimum atomic E-state index is -0.278. The van der Waals surface area contributed by atoms with Crippen LogP contribution < -0.4 is 9.47 Å². The molecule has 0 aliphatic heterocycles. The van der Waals surface area contributed by atoms with Crippen LogP contribution in [0.2, 0.25) is 0 Å². The van der Waals surface area contributed by atoms with Gasteiger partial charge in [-0.15, -0.1) is 0 Å². The molecule has 0 fully saturated rings. The van der Waals surface area contributed by atoms with Crippen molar-refractivity contribution in [2.24, 2.45) is 0 Å². The molecule has 0 N–H and O–H groups in total. The molecule has 1 rings (SSSR count). The van der Waals surface area contributed by atoms with E-state index in [0.717, 1.165) is 55.6 Å². The molecule has 0 bridgehead atoms. The van der Waals surface area contributed by atoms with Gasteiger partial charge in [0, 0.05) is 12.8 Å². The lowest BCUT2D eigenvalue weighted by molar-refractivity contribution is -0.112. The number of hydrogen-bond acceptors (Lipinski definition) is 4. The largest absolute Gasteiger partial charge is 0.494 e. The van der Waals surface area contributed by atoms with E-state index < -0.39 is 0 Å². The summed E-state index contributed by atoms with van der Waals surface area (Å²) in [5.41, 5.74) is 1.03. The van der Waals surface area contributed by atoms with Crippen LogP contribution in [-0.4, -0.2) is 23.7 Å². The molecule has 4 nitrogen and oxygen atoms in total. The van der Waals surface area contributed by atoms with Gasteiger partial charge in [-0.1, -0.05) is 0 Å². The first-order valence-corrected chi connectivity index (χ1v) is 9.47. The first-order chi connectivity index (χ1) is 12.0. The van der Waals surface area contributed by atoms with E-state index in [4.69, 9.17) is 32.7 Å². The molecule has 0 amide bonds. The first kappa shape index (κ1) is 21.8. The van der Waals surface area contributed by atoms with Crippen LogP contribution in [0.25, 0.3) is 0 Å². The van der Waals surface area contributed by atoms with Crippen LogP contribution in [0.4, 0.5) is 0 Å². The van der Waals surface area contributed by atoms with Gasteiger partial charge >= 0.3 is 0 Å². The zero-order chi connectivity index (χ0) is 18.5. The monoisotopic (exact) mass is 388 g/mol. The van der Waals surface area contributed by atoms with Crippen molar-refractivity contribution in [1.82, 2.24) is 0 Å². The lowest BCUT2D eigenvalue weighted by atomic mass is 10.2. The van der Waals surface area contributed by atoms with Crippen molar-refractivity contribution in [3.8, 4) is 11.5 Å². The van der Waals surface area contributed by atoms with E-state index >= 15 is 0 Å². The Bertz CT molecular complexity index is 546. The molecule has 0 saturated carbocycles. The second kappa shape index (κ2) is 13.0. The van der Waals surface area contributed by atoms with Gasteiger partial charge in [0.1, 0.15) is 11.5 Å². The Morgan fingerprint density at radius 1 is 0.840 bits per heavy atom. The molecule has 0 spiro atoms. The summed E-state index contributed by atoms with van der Waals surface area (Å²) in [6.45, 7) is 3.23. The summed E-state index contributed by atoms with van der Waals surface area (Å²) in [4.78, 5) is 21.3. The highest BCUT2D eigenvalue weighted by Gasteiger charge is 2.03. The lowest BCUT2D eigenvalue weighted by Gasteiger charge is -2.11. The second-order valence-corrected chi connectivity index (χ2v) is 6.80. The predicted molar refractivity (Wildman–Crippen MR) is 101 cm³/mol. The Hall–Kier alpha value is -1.26. The Morgan fingerprint density at radius 3 is 1.92 bits per heavy atom. The Balaban J connectivity index is 2.20. The Kier molecular flexibility index (Phi) is 11.3. The van der Waals surface area contributed by atoms with E-state index in [0.29, 0.717) is 26.1 Å². The molecule has 0 unspecified atom stereocenters. The second-order valence-electron chi connectivity index (χ2n) is 5.96. The van der Waals surface area contributed by atoms with Gasteiger partial charge in [-0.25, -0.2) is 0 Å². The predicted octanol–water partition coefficient (Wildman–Crippen LogP) is 5.40. The molecule has 0 atom stereocenters. The molecule has 0 aromatic heterocycles. The van der Waals surface area contributed by atoms with Crippen LogP contribution in [0.1, 0.15) is 56.9 Å². The highest BCUT2D eigenvalue weighted by Crippen LogP contribution is 2.24. The molecule has 25 heavy (non-hydrogen) atoms. The van der Waals surface area contributed by atoms with Crippen LogP contribution in [0.3, 0.4) is 0 Å². The smallest absolute Gasteiger partial charge is 0.221 e. The van der Waals surface area contributed by atoms with Crippen LogP contribution in [0.5, 0.6) is 11.5 Å². The van der Waals surface area contributed by atoms with Gasteiger partial charge in [0.15, 0.2) is 0 Å². The molecular weight excluding hydrogens is 363 g/mol. The van der Waals surface area contributed by atoms with E-state index in [1.54, 1.807) is 0 Å². The average molecular weight is 389 g/mol. The third-order valence-corrected chi connectivity index (χ3v) is 4.09. The normalized spacial score (nSPS) is 10.5. The summed E-state index contributed by atoms with van der Waals surface area (Å²) in [6.07, 6.45) is 6.09. The summed E-state index contributed by atoms with van der Waals surface area (Å²) in [7, 11) is 0. The van der Waals surface area contributed by atoms with Crippen molar-refractivity contribution >= 4 is 33.7 Å². The summed E-state index contributed by atoms with van der Waals surface area (Å²) >= 11 is 10.6. The Morgan fingerprint density at radius 2 is 1.40 bits per heavy atom. The SMILES string of the molecule is Cc1cc(OCCCCCC(=O)Cl)ccc1OCCCCCC(=O)Cl. The topological polar surface area (TPSA) is 52.6 Å². The van der Waals surface area contributed by atoms with Crippen LogP contribution in [0, 0.1) is 6.92 Å². The summed E-state index contributed by atoms with van der Waals surface area (Å²) in [5, 5.41) is -0.556. The molecule has 0 aliphatic carbocycles. The Labute approximate surface area is 159 Å². The van der Waals surface area contributed by atoms with Gasteiger partial charge in [-0.2, -0.15) is 0 Å².